The largest absolute Gasteiger partial charge is 0.341 e. The molecule has 9 heteroatoms. The maximum atomic E-state index is 12.7. The van der Waals surface area contributed by atoms with E-state index in [1.807, 2.05) is 5.38 Å². The Morgan fingerprint density at radius 3 is 3.22 bits per heavy atom. The molecule has 1 aliphatic heterocycles. The highest BCUT2D eigenvalue weighted by Crippen LogP contribution is 2.37. The first kappa shape index (κ1) is 14.2. The van der Waals surface area contributed by atoms with Crippen molar-refractivity contribution in [1.82, 2.24) is 19.9 Å². The predicted molar refractivity (Wildman–Crippen MR) is 87.3 cm³/mol. The fourth-order valence-corrected chi connectivity index (χ4v) is 4.51. The van der Waals surface area contributed by atoms with Crippen LogP contribution < -0.4 is 4.90 Å². The first-order chi connectivity index (χ1) is 11.3. The Kier molecular flexibility index (Phi) is 3.48. The number of hydrogen-bond acceptors (Lipinski definition) is 7. The molecular weight excluding hydrogens is 332 g/mol. The highest BCUT2D eigenvalue weighted by molar-refractivity contribution is 8.00. The molecule has 1 fully saturated rings. The lowest BCUT2D eigenvalue weighted by atomic mass is 10.3. The minimum atomic E-state index is -0.218. The topological polar surface area (TPSA) is 98.6 Å². The number of aromatic amines is 1. The molecule has 1 atom stereocenters. The maximum absolute atomic E-state index is 12.7. The van der Waals surface area contributed by atoms with Gasteiger partial charge in [0.05, 0.1) is 17.1 Å². The monoisotopic (exact) mass is 342 g/mol. The zero-order valence-electron chi connectivity index (χ0n) is 11.8. The molecule has 3 aromatic rings. The van der Waals surface area contributed by atoms with Crippen molar-refractivity contribution in [3.8, 4) is 6.07 Å². The van der Waals surface area contributed by atoms with Crippen LogP contribution in [0.5, 0.6) is 0 Å². The predicted octanol–water partition coefficient (Wildman–Crippen LogP) is 2.18. The van der Waals surface area contributed by atoms with Gasteiger partial charge < -0.3 is 9.88 Å². The molecule has 23 heavy (non-hydrogen) atoms. The van der Waals surface area contributed by atoms with Gasteiger partial charge in [-0.2, -0.15) is 5.26 Å². The van der Waals surface area contributed by atoms with E-state index in [0.29, 0.717) is 24.2 Å². The molecule has 1 amide bonds. The lowest BCUT2D eigenvalue weighted by Crippen LogP contribution is -2.27. The lowest BCUT2D eigenvalue weighted by Gasteiger charge is -2.14. The quantitative estimate of drug-likeness (QED) is 0.733. The summed E-state index contributed by atoms with van der Waals surface area (Å²) in [6.45, 7) is 0.614. The van der Waals surface area contributed by atoms with E-state index in [0.717, 1.165) is 15.5 Å². The van der Waals surface area contributed by atoms with Crippen molar-refractivity contribution in [2.24, 2.45) is 0 Å². The molecule has 0 bridgehead atoms. The number of imidazole rings is 1. The van der Waals surface area contributed by atoms with Crippen molar-refractivity contribution in [2.45, 2.75) is 16.7 Å². The maximum Gasteiger partial charge on any atom is 0.241 e. The number of amides is 1. The van der Waals surface area contributed by atoms with Crippen LogP contribution in [0.4, 0.5) is 5.00 Å². The fraction of sp³-hybridized carbons (Fsp3) is 0.214. The molecule has 4 heterocycles. The van der Waals surface area contributed by atoms with Crippen molar-refractivity contribution in [3.05, 3.63) is 29.7 Å². The number of H-pyrrole nitrogens is 1. The van der Waals surface area contributed by atoms with Crippen molar-refractivity contribution in [2.75, 3.05) is 11.4 Å². The van der Waals surface area contributed by atoms with Crippen LogP contribution in [0.1, 0.15) is 12.0 Å². The van der Waals surface area contributed by atoms with Crippen LogP contribution in [0.25, 0.3) is 11.2 Å². The van der Waals surface area contributed by atoms with Crippen molar-refractivity contribution in [1.29, 1.82) is 5.26 Å². The van der Waals surface area contributed by atoms with Crippen LogP contribution in [0, 0.1) is 11.3 Å². The number of carbonyl (C=O) groups excluding carboxylic acids is 1. The van der Waals surface area contributed by atoms with Crippen molar-refractivity contribution in [3.63, 3.8) is 0 Å². The van der Waals surface area contributed by atoms with Crippen LogP contribution in [-0.4, -0.2) is 37.6 Å². The molecular formula is C14H10N6OS2. The normalized spacial score (nSPS) is 17.8. The number of nitrogens with zero attached hydrogens (tertiary/aromatic N) is 5. The van der Waals surface area contributed by atoms with Crippen LogP contribution in [-0.2, 0) is 4.79 Å². The second-order valence-corrected chi connectivity index (χ2v) is 7.00. The average molecular weight is 342 g/mol. The molecule has 4 rings (SSSR count). The van der Waals surface area contributed by atoms with E-state index < -0.39 is 0 Å². The van der Waals surface area contributed by atoms with Crippen LogP contribution >= 0.6 is 23.1 Å². The van der Waals surface area contributed by atoms with E-state index in [-0.39, 0.29) is 11.2 Å². The van der Waals surface area contributed by atoms with E-state index in [2.05, 4.69) is 26.0 Å². The number of rotatable bonds is 3. The number of hydrogen-bond donors (Lipinski definition) is 1. The fourth-order valence-electron chi connectivity index (χ4n) is 2.53. The van der Waals surface area contributed by atoms with Crippen LogP contribution in [0.15, 0.2) is 29.1 Å². The van der Waals surface area contributed by atoms with Gasteiger partial charge in [0, 0.05) is 6.54 Å². The van der Waals surface area contributed by atoms with Gasteiger partial charge in [0.2, 0.25) is 5.91 Å². The Morgan fingerprint density at radius 1 is 1.43 bits per heavy atom. The number of anilines is 1. The zero-order valence-corrected chi connectivity index (χ0v) is 13.4. The van der Waals surface area contributed by atoms with Gasteiger partial charge in [-0.05, 0) is 17.9 Å². The standard InChI is InChI=1S/C14H10N6OS2/c15-5-8-2-4-22-14(8)20-3-1-9(13(20)21)23-12-10-11(17-6-16-10)18-7-19-12/h2,4,6-7,9H,1,3H2,(H,16,17,18,19)/t9-/m0/s1. The summed E-state index contributed by atoms with van der Waals surface area (Å²) in [6, 6.07) is 3.88. The van der Waals surface area contributed by atoms with E-state index in [4.69, 9.17) is 5.26 Å². The smallest absolute Gasteiger partial charge is 0.241 e. The molecule has 3 aromatic heterocycles. The Labute approximate surface area is 139 Å². The van der Waals surface area contributed by atoms with E-state index in [9.17, 15) is 4.79 Å². The second-order valence-electron chi connectivity index (χ2n) is 4.92. The van der Waals surface area contributed by atoms with Gasteiger partial charge >= 0.3 is 0 Å². The summed E-state index contributed by atoms with van der Waals surface area (Å²) < 4.78 is 0. The summed E-state index contributed by atoms with van der Waals surface area (Å²) in [7, 11) is 0. The number of carbonyl (C=O) groups is 1. The average Bonchev–Trinajstić information content (AvgIpc) is 3.28. The van der Waals surface area contributed by atoms with E-state index in [1.165, 1.54) is 29.4 Å². The van der Waals surface area contributed by atoms with E-state index in [1.54, 1.807) is 17.3 Å². The van der Waals surface area contributed by atoms with Gasteiger partial charge in [-0.3, -0.25) is 4.79 Å². The van der Waals surface area contributed by atoms with Gasteiger partial charge in [-0.1, -0.05) is 11.8 Å². The minimum absolute atomic E-state index is 0.0141. The highest BCUT2D eigenvalue weighted by Gasteiger charge is 2.35. The van der Waals surface area contributed by atoms with Crippen molar-refractivity contribution < 1.29 is 4.79 Å². The summed E-state index contributed by atoms with van der Waals surface area (Å²) in [6.07, 6.45) is 3.73. The Hall–Kier alpha value is -2.44. The molecule has 0 saturated carbocycles. The summed E-state index contributed by atoms with van der Waals surface area (Å²) in [5.74, 6) is 0.0141. The van der Waals surface area contributed by atoms with Gasteiger partial charge in [-0.15, -0.1) is 11.3 Å². The number of fused-ring (bicyclic) bond motifs is 1. The molecule has 1 aliphatic rings. The van der Waals surface area contributed by atoms with Crippen LogP contribution in [0.2, 0.25) is 0 Å². The number of thioether (sulfide) groups is 1. The third kappa shape index (κ3) is 2.36. The van der Waals surface area contributed by atoms with Gasteiger partial charge in [-0.25, -0.2) is 15.0 Å². The van der Waals surface area contributed by atoms with Crippen LogP contribution in [0.3, 0.4) is 0 Å². The third-order valence-electron chi connectivity index (χ3n) is 3.61. The van der Waals surface area contributed by atoms with Gasteiger partial charge in [0.15, 0.2) is 5.65 Å². The molecule has 0 aromatic carbocycles. The first-order valence-electron chi connectivity index (χ1n) is 6.87. The van der Waals surface area contributed by atoms with Gasteiger partial charge in [0.25, 0.3) is 0 Å². The number of thiophene rings is 1. The van der Waals surface area contributed by atoms with Crippen molar-refractivity contribution >= 4 is 45.2 Å². The summed E-state index contributed by atoms with van der Waals surface area (Å²) in [5.41, 5.74) is 1.89. The molecule has 114 valence electrons. The second kappa shape index (κ2) is 5.64. The SMILES string of the molecule is N#Cc1ccsc1N1CC[C@H](Sc2ncnc3nc[nH]c23)C1=O. The highest BCUT2D eigenvalue weighted by atomic mass is 32.2. The molecule has 0 unspecified atom stereocenters. The number of nitriles is 1. The third-order valence-corrected chi connectivity index (χ3v) is 5.80. The lowest BCUT2D eigenvalue weighted by molar-refractivity contribution is -0.116. The summed E-state index contributed by atoms with van der Waals surface area (Å²) in [4.78, 5) is 29.8. The molecule has 0 aliphatic carbocycles. The Balaban J connectivity index is 1.59. The molecule has 1 N–H and O–H groups in total. The minimum Gasteiger partial charge on any atom is -0.341 e. The Morgan fingerprint density at radius 2 is 2.35 bits per heavy atom. The number of nitrogens with one attached hydrogen (secondary N) is 1. The molecule has 1 saturated heterocycles. The summed E-state index contributed by atoms with van der Waals surface area (Å²) >= 11 is 2.84. The molecule has 0 radical (unpaired) electrons. The molecule has 7 nitrogen and oxygen atoms in total. The van der Waals surface area contributed by atoms with E-state index >= 15 is 0 Å². The zero-order chi connectivity index (χ0) is 15.8. The first-order valence-corrected chi connectivity index (χ1v) is 8.63. The Bertz CT molecular complexity index is 927. The number of aromatic nitrogens is 4. The van der Waals surface area contributed by atoms with Gasteiger partial charge in [0.1, 0.15) is 27.9 Å². The summed E-state index contributed by atoms with van der Waals surface area (Å²) in [5, 5.41) is 12.2. The molecule has 0 spiro atoms.